The van der Waals surface area contributed by atoms with E-state index in [0.29, 0.717) is 10.8 Å². The highest BCUT2D eigenvalue weighted by Gasteiger charge is 2.38. The minimum Gasteiger partial charge on any atom is -0.316 e. The van der Waals surface area contributed by atoms with E-state index in [1.807, 2.05) is 0 Å². The number of nitrogens with one attached hydrogen (secondary N) is 1. The van der Waals surface area contributed by atoms with Gasteiger partial charge in [-0.1, -0.05) is 64.6 Å². The second kappa shape index (κ2) is 8.57. The number of benzene rings is 1. The molecule has 28 heavy (non-hydrogen) atoms. The Hall–Kier alpha value is -1.34. The summed E-state index contributed by atoms with van der Waals surface area (Å²) in [6.07, 6.45) is 12.1. The summed E-state index contributed by atoms with van der Waals surface area (Å²) in [6, 6.07) is 6.91. The van der Waals surface area contributed by atoms with E-state index < -0.39 is 0 Å². The topological polar surface area (TPSA) is 12.0 Å². The van der Waals surface area contributed by atoms with Crippen LogP contribution in [0.25, 0.3) is 11.6 Å². The summed E-state index contributed by atoms with van der Waals surface area (Å²) >= 11 is 0. The third-order valence-corrected chi connectivity index (χ3v) is 6.76. The molecule has 3 rings (SSSR count). The molecule has 1 saturated heterocycles. The van der Waals surface area contributed by atoms with E-state index in [0.717, 1.165) is 31.3 Å². The molecule has 0 amide bonds. The van der Waals surface area contributed by atoms with Gasteiger partial charge in [-0.2, -0.15) is 0 Å². The lowest BCUT2D eigenvalue weighted by Gasteiger charge is -2.45. The highest BCUT2D eigenvalue weighted by Crippen LogP contribution is 2.49. The quantitative estimate of drug-likeness (QED) is 0.554. The Bertz CT molecular complexity index is 700. The van der Waals surface area contributed by atoms with Gasteiger partial charge in [0.1, 0.15) is 0 Å². The average molecular weight is 380 g/mol. The summed E-state index contributed by atoms with van der Waals surface area (Å²) in [6.45, 7) is 18.8. The normalized spacial score (nSPS) is 24.7. The Kier molecular flexibility index (Phi) is 6.54. The maximum atomic E-state index is 4.50. The van der Waals surface area contributed by atoms with Crippen molar-refractivity contribution in [3.63, 3.8) is 0 Å². The molecule has 1 saturated carbocycles. The third-order valence-electron chi connectivity index (χ3n) is 6.76. The average Bonchev–Trinajstić information content (AvgIpc) is 3.06. The molecule has 1 atom stereocenters. The van der Waals surface area contributed by atoms with Crippen LogP contribution in [0.4, 0.5) is 0 Å². The SMILES string of the molecule is C=C(CC1CCNC1)c1cccc(CC2CC(C)(C)CC(C)(C)C2)c1/C=C\C. The molecule has 0 radical (unpaired) electrons. The van der Waals surface area contributed by atoms with Gasteiger partial charge in [0.15, 0.2) is 0 Å². The van der Waals surface area contributed by atoms with E-state index in [2.05, 4.69) is 76.9 Å². The van der Waals surface area contributed by atoms with Crippen LogP contribution in [0.2, 0.25) is 0 Å². The fourth-order valence-electron chi connectivity index (χ4n) is 6.34. The number of rotatable bonds is 6. The van der Waals surface area contributed by atoms with Crippen molar-refractivity contribution < 1.29 is 0 Å². The van der Waals surface area contributed by atoms with Crippen molar-refractivity contribution in [3.8, 4) is 0 Å². The minimum atomic E-state index is 0.448. The zero-order valence-electron chi connectivity index (χ0n) is 18.9. The predicted octanol–water partition coefficient (Wildman–Crippen LogP) is 7.13. The number of allylic oxidation sites excluding steroid dienone is 2. The molecule has 1 N–H and O–H groups in total. The molecular formula is C27H41N. The zero-order chi connectivity index (χ0) is 20.4. The van der Waals surface area contributed by atoms with Crippen molar-refractivity contribution in [1.29, 1.82) is 0 Å². The Labute approximate surface area is 173 Å². The van der Waals surface area contributed by atoms with Crippen molar-refractivity contribution in [2.75, 3.05) is 13.1 Å². The van der Waals surface area contributed by atoms with E-state index in [1.54, 1.807) is 0 Å². The van der Waals surface area contributed by atoms with Crippen molar-refractivity contribution in [2.24, 2.45) is 22.7 Å². The zero-order valence-corrected chi connectivity index (χ0v) is 18.9. The van der Waals surface area contributed by atoms with Gasteiger partial charge in [0.2, 0.25) is 0 Å². The first-order valence-corrected chi connectivity index (χ1v) is 11.3. The first-order valence-electron chi connectivity index (χ1n) is 11.3. The van der Waals surface area contributed by atoms with Gasteiger partial charge in [-0.25, -0.2) is 0 Å². The molecule has 154 valence electrons. The molecule has 0 aromatic heterocycles. The molecule has 1 aliphatic carbocycles. The Morgan fingerprint density at radius 3 is 2.46 bits per heavy atom. The molecule has 1 aliphatic heterocycles. The third kappa shape index (κ3) is 5.38. The van der Waals surface area contributed by atoms with E-state index in [-0.39, 0.29) is 0 Å². The largest absolute Gasteiger partial charge is 0.316 e. The van der Waals surface area contributed by atoms with E-state index in [9.17, 15) is 0 Å². The monoisotopic (exact) mass is 379 g/mol. The smallest absolute Gasteiger partial charge is 0.00169 e. The summed E-state index contributed by atoms with van der Waals surface area (Å²) in [7, 11) is 0. The summed E-state index contributed by atoms with van der Waals surface area (Å²) in [5.41, 5.74) is 6.51. The highest BCUT2D eigenvalue weighted by atomic mass is 14.9. The maximum Gasteiger partial charge on any atom is -0.00169 e. The van der Waals surface area contributed by atoms with Crippen LogP contribution < -0.4 is 5.32 Å². The maximum absolute atomic E-state index is 4.50. The van der Waals surface area contributed by atoms with Gasteiger partial charge in [0.25, 0.3) is 0 Å². The fraction of sp³-hybridized carbons (Fsp3) is 0.630. The summed E-state index contributed by atoms with van der Waals surface area (Å²) < 4.78 is 0. The van der Waals surface area contributed by atoms with Gasteiger partial charge in [0, 0.05) is 0 Å². The Morgan fingerprint density at radius 1 is 1.14 bits per heavy atom. The fourth-order valence-corrected chi connectivity index (χ4v) is 6.34. The van der Waals surface area contributed by atoms with Crippen LogP contribution in [-0.2, 0) is 6.42 Å². The van der Waals surface area contributed by atoms with Crippen LogP contribution in [0.5, 0.6) is 0 Å². The molecule has 1 heteroatoms. The van der Waals surface area contributed by atoms with E-state index in [1.165, 1.54) is 54.4 Å². The molecule has 0 spiro atoms. The van der Waals surface area contributed by atoms with Crippen LogP contribution in [-0.4, -0.2) is 13.1 Å². The van der Waals surface area contributed by atoms with Crippen molar-refractivity contribution in [3.05, 3.63) is 47.5 Å². The van der Waals surface area contributed by atoms with E-state index in [4.69, 9.17) is 0 Å². The summed E-state index contributed by atoms with van der Waals surface area (Å²) in [4.78, 5) is 0. The van der Waals surface area contributed by atoms with Crippen molar-refractivity contribution >= 4 is 11.6 Å². The van der Waals surface area contributed by atoms with Crippen molar-refractivity contribution in [2.45, 2.75) is 73.1 Å². The predicted molar refractivity (Wildman–Crippen MR) is 124 cm³/mol. The van der Waals surface area contributed by atoms with Crippen LogP contribution in [0.1, 0.15) is 83.4 Å². The first-order chi connectivity index (χ1) is 13.2. The van der Waals surface area contributed by atoms with Crippen LogP contribution in [0.15, 0.2) is 30.9 Å². The lowest BCUT2D eigenvalue weighted by molar-refractivity contribution is 0.0677. The second-order valence-corrected chi connectivity index (χ2v) is 11.0. The Morgan fingerprint density at radius 2 is 1.86 bits per heavy atom. The molecule has 2 aliphatic rings. The lowest BCUT2D eigenvalue weighted by atomic mass is 9.60. The van der Waals surface area contributed by atoms with Gasteiger partial charge < -0.3 is 5.32 Å². The molecular weight excluding hydrogens is 338 g/mol. The molecule has 1 heterocycles. The first kappa shape index (κ1) is 21.4. The number of hydrogen-bond donors (Lipinski definition) is 1. The second-order valence-electron chi connectivity index (χ2n) is 11.0. The van der Waals surface area contributed by atoms with Gasteiger partial charge in [-0.3, -0.25) is 0 Å². The molecule has 0 bridgehead atoms. The number of hydrogen-bond acceptors (Lipinski definition) is 1. The van der Waals surface area contributed by atoms with Crippen LogP contribution >= 0.6 is 0 Å². The molecule has 1 nitrogen and oxygen atoms in total. The van der Waals surface area contributed by atoms with Crippen LogP contribution in [0.3, 0.4) is 0 Å². The molecule has 1 aromatic rings. The summed E-state index contributed by atoms with van der Waals surface area (Å²) in [5.74, 6) is 1.51. The van der Waals surface area contributed by atoms with Gasteiger partial charge in [-0.15, -0.1) is 0 Å². The summed E-state index contributed by atoms with van der Waals surface area (Å²) in [5, 5.41) is 3.49. The van der Waals surface area contributed by atoms with Gasteiger partial charge >= 0.3 is 0 Å². The minimum absolute atomic E-state index is 0.448. The Balaban J connectivity index is 1.83. The van der Waals surface area contributed by atoms with Gasteiger partial charge in [0.05, 0.1) is 0 Å². The standard InChI is InChI=1S/C27H41N/c1-7-9-25-23(15-22-16-26(3,4)19-27(5,6)17-22)10-8-11-24(25)20(2)14-21-12-13-28-18-21/h7-11,21-22,28H,2,12-19H2,1,3-6H3/b9-7-. The molecule has 2 fully saturated rings. The molecule has 1 aromatic carbocycles. The van der Waals surface area contributed by atoms with Gasteiger partial charge in [-0.05, 0) is 103 Å². The van der Waals surface area contributed by atoms with Crippen LogP contribution in [0, 0.1) is 22.7 Å². The highest BCUT2D eigenvalue weighted by molar-refractivity contribution is 5.75. The lowest BCUT2D eigenvalue weighted by Crippen LogP contribution is -2.34. The van der Waals surface area contributed by atoms with E-state index >= 15 is 0 Å². The molecule has 1 unspecified atom stereocenters. The van der Waals surface area contributed by atoms with Crippen molar-refractivity contribution in [1.82, 2.24) is 5.32 Å².